The van der Waals surface area contributed by atoms with E-state index in [-0.39, 0.29) is 0 Å². The van der Waals surface area contributed by atoms with Crippen molar-refractivity contribution in [1.82, 2.24) is 20.1 Å². The molecule has 1 aliphatic heterocycles. The molecule has 1 aromatic carbocycles. The maximum Gasteiger partial charge on any atom is 0.138 e. The van der Waals surface area contributed by atoms with Crippen molar-refractivity contribution >= 4 is 0 Å². The van der Waals surface area contributed by atoms with Crippen molar-refractivity contribution < 1.29 is 0 Å². The first kappa shape index (κ1) is 9.54. The van der Waals surface area contributed by atoms with E-state index in [1.54, 1.807) is 6.33 Å². The molecule has 1 aliphatic rings. The van der Waals surface area contributed by atoms with Crippen molar-refractivity contribution in [3.05, 3.63) is 41.5 Å². The van der Waals surface area contributed by atoms with Crippen molar-refractivity contribution in [2.24, 2.45) is 0 Å². The zero-order valence-corrected chi connectivity index (χ0v) is 9.27. The molecule has 0 saturated heterocycles. The summed E-state index contributed by atoms with van der Waals surface area (Å²) in [4.78, 5) is 4.14. The molecule has 4 nitrogen and oxygen atoms in total. The highest BCUT2D eigenvalue weighted by atomic mass is 15.3. The Morgan fingerprint density at radius 3 is 3.06 bits per heavy atom. The van der Waals surface area contributed by atoms with E-state index < -0.39 is 0 Å². The molecule has 0 atom stereocenters. The average molecular weight is 214 g/mol. The van der Waals surface area contributed by atoms with Crippen LogP contribution in [0, 0.1) is 6.92 Å². The number of hydrogen-bond acceptors (Lipinski definition) is 3. The second-order valence-electron chi connectivity index (χ2n) is 4.10. The van der Waals surface area contributed by atoms with E-state index >= 15 is 0 Å². The lowest BCUT2D eigenvalue weighted by Crippen LogP contribution is -2.23. The third-order valence-electron chi connectivity index (χ3n) is 3.04. The first-order valence-corrected chi connectivity index (χ1v) is 5.54. The van der Waals surface area contributed by atoms with E-state index in [9.17, 15) is 0 Å². The highest BCUT2D eigenvalue weighted by Gasteiger charge is 2.10. The van der Waals surface area contributed by atoms with Gasteiger partial charge in [0.05, 0.1) is 5.69 Å². The minimum atomic E-state index is 0.920. The highest BCUT2D eigenvalue weighted by molar-refractivity contribution is 5.41. The molecule has 3 rings (SSSR count). The molecule has 0 bridgehead atoms. The Kier molecular flexibility index (Phi) is 2.22. The minimum Gasteiger partial charge on any atom is -0.312 e. The van der Waals surface area contributed by atoms with Gasteiger partial charge in [0.15, 0.2) is 0 Å². The van der Waals surface area contributed by atoms with Crippen LogP contribution in [-0.4, -0.2) is 21.3 Å². The topological polar surface area (TPSA) is 42.7 Å². The van der Waals surface area contributed by atoms with Crippen LogP contribution in [0.2, 0.25) is 0 Å². The predicted molar refractivity (Wildman–Crippen MR) is 61.5 cm³/mol. The fourth-order valence-corrected chi connectivity index (χ4v) is 2.15. The summed E-state index contributed by atoms with van der Waals surface area (Å²) in [6.45, 7) is 4.00. The summed E-state index contributed by atoms with van der Waals surface area (Å²) in [6, 6.07) is 6.52. The van der Waals surface area contributed by atoms with Gasteiger partial charge in [-0.3, -0.25) is 0 Å². The van der Waals surface area contributed by atoms with E-state index in [1.807, 2.05) is 11.6 Å². The molecule has 82 valence electrons. The number of nitrogens with zero attached hydrogens (tertiary/aromatic N) is 3. The Hall–Kier alpha value is -1.68. The second-order valence-corrected chi connectivity index (χ2v) is 4.10. The Bertz CT molecular complexity index is 515. The van der Waals surface area contributed by atoms with Gasteiger partial charge in [0, 0.05) is 6.54 Å². The van der Waals surface area contributed by atoms with Crippen LogP contribution in [0.15, 0.2) is 24.5 Å². The number of rotatable bonds is 1. The maximum atomic E-state index is 4.22. The molecular formula is C12H14N4. The molecule has 1 aromatic heterocycles. The van der Waals surface area contributed by atoms with Gasteiger partial charge in [-0.05, 0) is 43.1 Å². The number of aryl methyl sites for hydroxylation is 1. The summed E-state index contributed by atoms with van der Waals surface area (Å²) in [5, 5.41) is 7.60. The zero-order valence-electron chi connectivity index (χ0n) is 9.27. The quantitative estimate of drug-likeness (QED) is 0.776. The molecule has 16 heavy (non-hydrogen) atoms. The fourth-order valence-electron chi connectivity index (χ4n) is 2.15. The normalized spacial score (nSPS) is 14.8. The van der Waals surface area contributed by atoms with Crippen molar-refractivity contribution in [2.75, 3.05) is 6.54 Å². The fraction of sp³-hybridized carbons (Fsp3) is 0.333. The number of aromatic nitrogens is 3. The Labute approximate surface area is 94.3 Å². The monoisotopic (exact) mass is 214 g/mol. The molecule has 4 heteroatoms. The van der Waals surface area contributed by atoms with Crippen molar-refractivity contribution in [1.29, 1.82) is 0 Å². The summed E-state index contributed by atoms with van der Waals surface area (Å²) < 4.78 is 1.87. The van der Waals surface area contributed by atoms with Gasteiger partial charge in [-0.2, -0.15) is 5.10 Å². The Morgan fingerprint density at radius 1 is 1.31 bits per heavy atom. The Morgan fingerprint density at radius 2 is 2.25 bits per heavy atom. The van der Waals surface area contributed by atoms with Crippen molar-refractivity contribution in [3.8, 4) is 5.69 Å². The lowest BCUT2D eigenvalue weighted by Gasteiger charge is -2.17. The smallest absolute Gasteiger partial charge is 0.138 e. The Balaban J connectivity index is 2.06. The number of benzene rings is 1. The summed E-state index contributed by atoms with van der Waals surface area (Å²) in [5.41, 5.74) is 3.91. The van der Waals surface area contributed by atoms with Gasteiger partial charge in [0.25, 0.3) is 0 Å². The van der Waals surface area contributed by atoms with Gasteiger partial charge in [-0.1, -0.05) is 6.07 Å². The van der Waals surface area contributed by atoms with Crippen LogP contribution in [0.4, 0.5) is 0 Å². The van der Waals surface area contributed by atoms with Crippen LogP contribution in [0.1, 0.15) is 17.0 Å². The van der Waals surface area contributed by atoms with E-state index in [4.69, 9.17) is 0 Å². The lowest BCUT2D eigenvalue weighted by molar-refractivity contribution is 0.642. The minimum absolute atomic E-state index is 0.920. The van der Waals surface area contributed by atoms with Crippen LogP contribution in [0.3, 0.4) is 0 Å². The molecule has 0 radical (unpaired) electrons. The van der Waals surface area contributed by atoms with Crippen LogP contribution >= 0.6 is 0 Å². The average Bonchev–Trinajstić information content (AvgIpc) is 2.75. The molecule has 0 spiro atoms. The number of hydrogen-bond donors (Lipinski definition) is 1. The molecule has 0 fully saturated rings. The van der Waals surface area contributed by atoms with Crippen LogP contribution in [0.5, 0.6) is 0 Å². The van der Waals surface area contributed by atoms with Gasteiger partial charge >= 0.3 is 0 Å². The van der Waals surface area contributed by atoms with Crippen molar-refractivity contribution in [3.63, 3.8) is 0 Å². The summed E-state index contributed by atoms with van der Waals surface area (Å²) in [5.74, 6) is 0.920. The van der Waals surface area contributed by atoms with E-state index in [2.05, 4.69) is 33.6 Å². The summed E-state index contributed by atoms with van der Waals surface area (Å²) in [7, 11) is 0. The number of fused-ring (bicyclic) bond motifs is 1. The first-order valence-electron chi connectivity index (χ1n) is 5.54. The first-order chi connectivity index (χ1) is 7.84. The van der Waals surface area contributed by atoms with Crippen LogP contribution in [-0.2, 0) is 13.0 Å². The van der Waals surface area contributed by atoms with Crippen LogP contribution < -0.4 is 5.32 Å². The molecule has 0 unspecified atom stereocenters. The van der Waals surface area contributed by atoms with Gasteiger partial charge in [-0.15, -0.1) is 0 Å². The molecule has 2 aromatic rings. The van der Waals surface area contributed by atoms with E-state index in [0.717, 1.165) is 31.0 Å². The zero-order chi connectivity index (χ0) is 11.0. The third-order valence-corrected chi connectivity index (χ3v) is 3.04. The second kappa shape index (κ2) is 3.72. The molecule has 0 amide bonds. The predicted octanol–water partition coefficient (Wildman–Crippen LogP) is 1.22. The van der Waals surface area contributed by atoms with E-state index in [0.29, 0.717) is 0 Å². The van der Waals surface area contributed by atoms with Gasteiger partial charge < -0.3 is 5.32 Å². The summed E-state index contributed by atoms with van der Waals surface area (Å²) >= 11 is 0. The lowest BCUT2D eigenvalue weighted by atomic mass is 10.0. The largest absolute Gasteiger partial charge is 0.312 e. The standard InChI is InChI=1S/C12H14N4/c1-9-14-8-15-16(9)12-3-2-10-4-5-13-7-11(10)6-12/h2-3,6,8,13H,4-5,7H2,1H3. The molecular weight excluding hydrogens is 200 g/mol. The molecule has 0 saturated carbocycles. The molecule has 0 aliphatic carbocycles. The van der Waals surface area contributed by atoms with Crippen LogP contribution in [0.25, 0.3) is 5.69 Å². The SMILES string of the molecule is Cc1ncnn1-c1ccc2c(c1)CNCC2. The van der Waals surface area contributed by atoms with Crippen molar-refractivity contribution in [2.45, 2.75) is 19.9 Å². The van der Waals surface area contributed by atoms with Gasteiger partial charge in [0.2, 0.25) is 0 Å². The summed E-state index contributed by atoms with van der Waals surface area (Å²) in [6.07, 6.45) is 2.71. The third kappa shape index (κ3) is 1.51. The maximum absolute atomic E-state index is 4.22. The van der Waals surface area contributed by atoms with E-state index in [1.165, 1.54) is 11.1 Å². The molecule has 2 heterocycles. The molecule has 1 N–H and O–H groups in total. The highest BCUT2D eigenvalue weighted by Crippen LogP contribution is 2.18. The van der Waals surface area contributed by atoms with Gasteiger partial charge in [-0.25, -0.2) is 9.67 Å². The number of nitrogens with one attached hydrogen (secondary N) is 1. The van der Waals surface area contributed by atoms with Gasteiger partial charge in [0.1, 0.15) is 12.2 Å².